The number of benzene rings is 1. The molecule has 5 rings (SSSR count). The monoisotopic (exact) mass is 432 g/mol. The van der Waals surface area contributed by atoms with Gasteiger partial charge in [0.15, 0.2) is 23.2 Å². The van der Waals surface area contributed by atoms with Crippen molar-refractivity contribution in [2.24, 2.45) is 0 Å². The van der Waals surface area contributed by atoms with Gasteiger partial charge in [-0.05, 0) is 48.4 Å². The van der Waals surface area contributed by atoms with Gasteiger partial charge in [0.05, 0.1) is 26.0 Å². The maximum atomic E-state index is 13.3. The second-order valence-electron chi connectivity index (χ2n) is 7.40. The van der Waals surface area contributed by atoms with E-state index in [0.717, 1.165) is 16.8 Å². The first-order chi connectivity index (χ1) is 15.6. The SMILES string of the molecule is COc1cc(C=Cc2nc3n(n2)CCO[C@@H]3c2ccc(F)cc2)cnc1-n1cnc(C)c1. The molecule has 1 atom stereocenters. The average molecular weight is 432 g/mol. The lowest BCUT2D eigenvalue weighted by atomic mass is 10.1. The van der Waals surface area contributed by atoms with E-state index in [1.807, 2.05) is 40.6 Å². The second-order valence-corrected chi connectivity index (χ2v) is 7.40. The van der Waals surface area contributed by atoms with Crippen LogP contribution in [0.3, 0.4) is 0 Å². The Hall–Kier alpha value is -3.85. The zero-order valence-electron chi connectivity index (χ0n) is 17.6. The molecule has 0 N–H and O–H groups in total. The molecule has 0 bridgehead atoms. The average Bonchev–Trinajstić information content (AvgIpc) is 3.43. The lowest BCUT2D eigenvalue weighted by molar-refractivity contribution is 0.0389. The molecule has 0 saturated heterocycles. The molecule has 4 aromatic rings. The van der Waals surface area contributed by atoms with Gasteiger partial charge < -0.3 is 9.47 Å². The highest BCUT2D eigenvalue weighted by Crippen LogP contribution is 2.28. The first kappa shape index (κ1) is 20.1. The standard InChI is InChI=1S/C23H21FN6O2/c1-15-13-29(14-26-15)22-19(31-2)11-16(12-25-22)3-8-20-27-23-21(32-10-9-30(23)28-20)17-4-6-18(24)7-5-17/h3-8,11-14,21H,9-10H2,1-2H3/t21-/m1/s1. The summed E-state index contributed by atoms with van der Waals surface area (Å²) >= 11 is 0. The van der Waals surface area contributed by atoms with Crippen LogP contribution >= 0.6 is 0 Å². The van der Waals surface area contributed by atoms with E-state index in [1.54, 1.807) is 31.8 Å². The van der Waals surface area contributed by atoms with E-state index in [2.05, 4.69) is 20.1 Å². The van der Waals surface area contributed by atoms with Crippen molar-refractivity contribution < 1.29 is 13.9 Å². The molecule has 0 radical (unpaired) electrons. The number of imidazole rings is 1. The quantitative estimate of drug-likeness (QED) is 0.479. The Balaban J connectivity index is 1.40. The molecule has 162 valence electrons. The Labute approximate surface area is 184 Å². The number of halogens is 1. The van der Waals surface area contributed by atoms with Crippen LogP contribution in [0.15, 0.2) is 49.1 Å². The molecule has 8 nitrogen and oxygen atoms in total. The Kier molecular flexibility index (Phi) is 5.24. The smallest absolute Gasteiger partial charge is 0.180 e. The zero-order valence-corrected chi connectivity index (χ0v) is 17.6. The zero-order chi connectivity index (χ0) is 22.1. The number of nitrogens with zero attached hydrogens (tertiary/aromatic N) is 6. The van der Waals surface area contributed by atoms with Crippen LogP contribution in [0.1, 0.15) is 34.6 Å². The topological polar surface area (TPSA) is 79.9 Å². The lowest BCUT2D eigenvalue weighted by Gasteiger charge is -2.23. The molecular weight excluding hydrogens is 411 g/mol. The number of methoxy groups -OCH3 is 1. The summed E-state index contributed by atoms with van der Waals surface area (Å²) in [6.07, 6.45) is 8.68. The van der Waals surface area contributed by atoms with Crippen LogP contribution in [0, 0.1) is 12.7 Å². The van der Waals surface area contributed by atoms with Crippen LogP contribution in [0.5, 0.6) is 5.75 Å². The number of ether oxygens (including phenoxy) is 2. The molecule has 1 aliphatic heterocycles. The summed E-state index contributed by atoms with van der Waals surface area (Å²) in [4.78, 5) is 13.4. The Bertz CT molecular complexity index is 1280. The summed E-state index contributed by atoms with van der Waals surface area (Å²) in [5.74, 6) is 2.27. The third-order valence-corrected chi connectivity index (χ3v) is 5.17. The largest absolute Gasteiger partial charge is 0.493 e. The second kappa shape index (κ2) is 8.35. The summed E-state index contributed by atoms with van der Waals surface area (Å²) in [5, 5.41) is 4.57. The van der Waals surface area contributed by atoms with Gasteiger partial charge in [-0.25, -0.2) is 24.0 Å². The summed E-state index contributed by atoms with van der Waals surface area (Å²) < 4.78 is 28.4. The van der Waals surface area contributed by atoms with Crippen molar-refractivity contribution in [3.63, 3.8) is 0 Å². The number of aromatic nitrogens is 6. The predicted octanol–water partition coefficient (Wildman–Crippen LogP) is 3.60. The van der Waals surface area contributed by atoms with Crippen LogP contribution in [0.25, 0.3) is 18.0 Å². The van der Waals surface area contributed by atoms with Crippen molar-refractivity contribution in [2.75, 3.05) is 13.7 Å². The van der Waals surface area contributed by atoms with Gasteiger partial charge in [0, 0.05) is 12.4 Å². The van der Waals surface area contributed by atoms with Crippen LogP contribution in [-0.2, 0) is 11.3 Å². The summed E-state index contributed by atoms with van der Waals surface area (Å²) in [6.45, 7) is 3.04. The van der Waals surface area contributed by atoms with Gasteiger partial charge >= 0.3 is 0 Å². The molecule has 0 spiro atoms. The number of aryl methyl sites for hydroxylation is 1. The van der Waals surface area contributed by atoms with E-state index in [4.69, 9.17) is 9.47 Å². The van der Waals surface area contributed by atoms with Gasteiger partial charge in [-0.3, -0.25) is 4.57 Å². The number of hydrogen-bond acceptors (Lipinski definition) is 6. The molecule has 1 aliphatic rings. The highest BCUT2D eigenvalue weighted by molar-refractivity contribution is 5.67. The van der Waals surface area contributed by atoms with E-state index >= 15 is 0 Å². The maximum absolute atomic E-state index is 13.3. The molecule has 0 aliphatic carbocycles. The van der Waals surface area contributed by atoms with Crippen LogP contribution in [0.4, 0.5) is 4.39 Å². The number of hydrogen-bond donors (Lipinski definition) is 0. The molecule has 0 fully saturated rings. The highest BCUT2D eigenvalue weighted by atomic mass is 19.1. The molecule has 0 saturated carbocycles. The minimum absolute atomic E-state index is 0.284. The van der Waals surface area contributed by atoms with E-state index in [9.17, 15) is 4.39 Å². The molecule has 0 amide bonds. The van der Waals surface area contributed by atoms with Crippen molar-refractivity contribution in [2.45, 2.75) is 19.6 Å². The summed E-state index contributed by atoms with van der Waals surface area (Å²) in [7, 11) is 1.61. The van der Waals surface area contributed by atoms with Crippen molar-refractivity contribution in [3.05, 3.63) is 83.3 Å². The fourth-order valence-corrected chi connectivity index (χ4v) is 3.61. The van der Waals surface area contributed by atoms with E-state index in [-0.39, 0.29) is 11.9 Å². The van der Waals surface area contributed by atoms with Crippen molar-refractivity contribution in [1.82, 2.24) is 29.3 Å². The number of pyridine rings is 1. The van der Waals surface area contributed by atoms with Crippen molar-refractivity contribution in [3.8, 4) is 11.6 Å². The van der Waals surface area contributed by atoms with E-state index < -0.39 is 0 Å². The normalized spacial score (nSPS) is 15.8. The van der Waals surface area contributed by atoms with Gasteiger partial charge in [-0.1, -0.05) is 12.1 Å². The molecule has 9 heteroatoms. The Morgan fingerprint density at radius 2 is 2.03 bits per heavy atom. The van der Waals surface area contributed by atoms with Gasteiger partial charge in [0.25, 0.3) is 0 Å². The number of rotatable bonds is 5. The van der Waals surface area contributed by atoms with Crippen LogP contribution in [-0.4, -0.2) is 43.0 Å². The third kappa shape index (κ3) is 3.90. The van der Waals surface area contributed by atoms with Gasteiger partial charge in [-0.2, -0.15) is 5.10 Å². The highest BCUT2D eigenvalue weighted by Gasteiger charge is 2.26. The van der Waals surface area contributed by atoms with Gasteiger partial charge in [-0.15, -0.1) is 0 Å². The first-order valence-electron chi connectivity index (χ1n) is 10.2. The van der Waals surface area contributed by atoms with Gasteiger partial charge in [0.1, 0.15) is 18.2 Å². The Morgan fingerprint density at radius 3 is 2.78 bits per heavy atom. The summed E-state index contributed by atoms with van der Waals surface area (Å²) in [5.41, 5.74) is 2.59. The van der Waals surface area contributed by atoms with Crippen molar-refractivity contribution >= 4 is 12.2 Å². The maximum Gasteiger partial charge on any atom is 0.180 e. The first-order valence-corrected chi connectivity index (χ1v) is 10.2. The van der Waals surface area contributed by atoms with Gasteiger partial charge in [0.2, 0.25) is 0 Å². The molecule has 4 heterocycles. The third-order valence-electron chi connectivity index (χ3n) is 5.17. The molecule has 1 aromatic carbocycles. The number of fused-ring (bicyclic) bond motifs is 1. The fourth-order valence-electron chi connectivity index (χ4n) is 3.61. The lowest BCUT2D eigenvalue weighted by Crippen LogP contribution is -2.23. The fraction of sp³-hybridized carbons (Fsp3) is 0.217. The molecule has 0 unspecified atom stereocenters. The van der Waals surface area contributed by atoms with Crippen LogP contribution in [0.2, 0.25) is 0 Å². The molecule has 32 heavy (non-hydrogen) atoms. The molecular formula is C23H21FN6O2. The minimum atomic E-state index is -0.376. The minimum Gasteiger partial charge on any atom is -0.493 e. The van der Waals surface area contributed by atoms with E-state index in [1.165, 1.54) is 12.1 Å². The van der Waals surface area contributed by atoms with E-state index in [0.29, 0.717) is 36.4 Å². The van der Waals surface area contributed by atoms with Crippen LogP contribution < -0.4 is 4.74 Å². The predicted molar refractivity (Wildman–Crippen MR) is 116 cm³/mol. The summed E-state index contributed by atoms with van der Waals surface area (Å²) in [6, 6.07) is 8.16. The van der Waals surface area contributed by atoms with Crippen molar-refractivity contribution in [1.29, 1.82) is 0 Å². The Morgan fingerprint density at radius 1 is 1.19 bits per heavy atom. The molecule has 3 aromatic heterocycles.